The summed E-state index contributed by atoms with van der Waals surface area (Å²) in [5.41, 5.74) is -3.54. The van der Waals surface area contributed by atoms with Crippen molar-refractivity contribution in [3.05, 3.63) is 66.6 Å². The molecule has 62 heavy (non-hydrogen) atoms. The predicted octanol–water partition coefficient (Wildman–Crippen LogP) is -9.71. The Kier molecular flexibility index (Phi) is 23.2. The summed E-state index contributed by atoms with van der Waals surface area (Å²) in [6.07, 6.45) is 0. The van der Waals surface area contributed by atoms with Gasteiger partial charge >= 0.3 is 118 Å². The molecule has 34 heteroatoms. The van der Waals surface area contributed by atoms with E-state index in [0.717, 1.165) is 49.6 Å². The second-order valence-corrected chi connectivity index (χ2v) is 20.2. The molecule has 0 unspecified atom stereocenters. The van der Waals surface area contributed by atoms with Gasteiger partial charge in [0.05, 0.1) is 44.7 Å². The van der Waals surface area contributed by atoms with Crippen LogP contribution in [0, 0.1) is 0 Å². The summed E-state index contributed by atoms with van der Waals surface area (Å²) in [6, 6.07) is 7.27. The molecular formula is C28H23N5Na4O19S6. The molecule has 24 nitrogen and oxygen atoms in total. The van der Waals surface area contributed by atoms with Crippen molar-refractivity contribution < 1.29 is 201 Å². The van der Waals surface area contributed by atoms with Gasteiger partial charge in [0, 0.05) is 16.2 Å². The zero-order valence-electron chi connectivity index (χ0n) is 32.6. The molecule has 2 N–H and O–H groups in total. The van der Waals surface area contributed by atoms with E-state index in [1.807, 2.05) is 0 Å². The largest absolute Gasteiger partial charge is 1.00 e. The van der Waals surface area contributed by atoms with Crippen molar-refractivity contribution >= 4 is 99.6 Å². The fourth-order valence-electron chi connectivity index (χ4n) is 4.67. The van der Waals surface area contributed by atoms with Crippen LogP contribution in [-0.2, 0) is 64.6 Å². The predicted molar refractivity (Wildman–Crippen MR) is 193 cm³/mol. The zero-order chi connectivity index (χ0) is 43.6. The third-order valence-corrected chi connectivity index (χ3v) is 13.0. The maximum absolute atomic E-state index is 12.8. The molecule has 0 heterocycles. The first-order valence-electron chi connectivity index (χ1n) is 14.9. The number of hydrogen-bond acceptors (Lipinski definition) is 24. The Balaban J connectivity index is 0.00000930. The third kappa shape index (κ3) is 16.1. The van der Waals surface area contributed by atoms with Gasteiger partial charge in [-0.3, -0.25) is 4.18 Å². The molecule has 0 aromatic heterocycles. The van der Waals surface area contributed by atoms with Gasteiger partial charge < -0.3 is 33.4 Å². The van der Waals surface area contributed by atoms with Gasteiger partial charge in [-0.05, 0) is 54.6 Å². The number of anilines is 1. The molecule has 0 radical (unpaired) electrons. The van der Waals surface area contributed by atoms with Gasteiger partial charge in [0.15, 0.2) is 25.4 Å². The minimum absolute atomic E-state index is 0. The Bertz CT molecular complexity index is 3100. The van der Waals surface area contributed by atoms with E-state index in [1.165, 1.54) is 0 Å². The molecule has 0 fully saturated rings. The molecule has 0 saturated carbocycles. The van der Waals surface area contributed by atoms with E-state index in [9.17, 15) is 73.8 Å². The smallest absolute Gasteiger partial charge is 0.747 e. The molecule has 4 aromatic rings. The monoisotopic (exact) mass is 1020 g/mol. The van der Waals surface area contributed by atoms with Crippen molar-refractivity contribution in [2.75, 3.05) is 30.7 Å². The number of methoxy groups -OCH3 is 1. The molecule has 4 rings (SSSR count). The van der Waals surface area contributed by atoms with Crippen LogP contribution >= 0.6 is 0 Å². The van der Waals surface area contributed by atoms with Crippen LogP contribution in [0.5, 0.6) is 11.5 Å². The van der Waals surface area contributed by atoms with Crippen LogP contribution in [0.3, 0.4) is 0 Å². The molecule has 0 aliphatic rings. The number of azo groups is 2. The second kappa shape index (κ2) is 23.6. The van der Waals surface area contributed by atoms with E-state index >= 15 is 0 Å². The third-order valence-electron chi connectivity index (χ3n) is 7.27. The van der Waals surface area contributed by atoms with Crippen molar-refractivity contribution in [3.63, 3.8) is 0 Å². The zero-order valence-corrected chi connectivity index (χ0v) is 45.5. The fourth-order valence-corrected chi connectivity index (χ4v) is 8.58. The number of ether oxygens (including phenoxy) is 1. The number of aromatic hydroxyl groups is 1. The summed E-state index contributed by atoms with van der Waals surface area (Å²) in [5, 5.41) is 27.6. The number of benzene rings is 4. The summed E-state index contributed by atoms with van der Waals surface area (Å²) in [7, 11) is -29.1. The van der Waals surface area contributed by atoms with Crippen LogP contribution in [0.1, 0.15) is 0 Å². The number of phenols is 1. The van der Waals surface area contributed by atoms with Crippen LogP contribution in [-0.4, -0.2) is 99.2 Å². The molecule has 0 amide bonds. The number of rotatable bonds is 17. The van der Waals surface area contributed by atoms with E-state index in [0.29, 0.717) is 17.5 Å². The number of sulfone groups is 2. The van der Waals surface area contributed by atoms with Gasteiger partial charge in [0.1, 0.15) is 64.7 Å². The topological polar surface area (TPSA) is 397 Å². The molecular weight excluding hydrogens is 995 g/mol. The van der Waals surface area contributed by atoms with Crippen molar-refractivity contribution in [3.8, 4) is 11.5 Å². The second-order valence-electron chi connectivity index (χ2n) is 11.0. The fraction of sp³-hybridized carbons (Fsp3) is 0.143. The summed E-state index contributed by atoms with van der Waals surface area (Å²) >= 11 is 0. The van der Waals surface area contributed by atoms with Gasteiger partial charge in [-0.2, -0.15) is 0 Å². The van der Waals surface area contributed by atoms with Crippen LogP contribution in [0.4, 0.5) is 28.4 Å². The normalized spacial score (nSPS) is 12.5. The number of phenolic OH excluding ortho intramolecular Hbond substituents is 1. The number of nitrogens with zero attached hydrogens (tertiary/aromatic N) is 4. The molecule has 0 spiro atoms. The van der Waals surface area contributed by atoms with Crippen LogP contribution in [0.25, 0.3) is 10.8 Å². The molecule has 314 valence electrons. The Morgan fingerprint density at radius 2 is 1.24 bits per heavy atom. The van der Waals surface area contributed by atoms with E-state index in [1.54, 1.807) is 0 Å². The molecule has 0 aliphatic heterocycles. The number of nitrogens with one attached hydrogen (secondary N) is 1. The molecule has 0 aliphatic carbocycles. The van der Waals surface area contributed by atoms with E-state index in [2.05, 4.69) is 36.5 Å². The minimum atomic E-state index is -5.70. The summed E-state index contributed by atoms with van der Waals surface area (Å²) in [4.78, 5) is -3.85. The van der Waals surface area contributed by atoms with Gasteiger partial charge in [-0.15, -0.1) is 20.5 Å². The minimum Gasteiger partial charge on any atom is -0.747 e. The Hall–Kier alpha value is -1.02. The van der Waals surface area contributed by atoms with Crippen molar-refractivity contribution in [2.24, 2.45) is 20.5 Å². The van der Waals surface area contributed by atoms with Crippen LogP contribution in [0.15, 0.2) is 107 Å². The first-order valence-corrected chi connectivity index (χ1v) is 23.8. The van der Waals surface area contributed by atoms with Crippen LogP contribution < -0.4 is 128 Å². The van der Waals surface area contributed by atoms with Crippen molar-refractivity contribution in [1.29, 1.82) is 0 Å². The van der Waals surface area contributed by atoms with Crippen molar-refractivity contribution in [2.45, 2.75) is 19.6 Å². The van der Waals surface area contributed by atoms with Crippen molar-refractivity contribution in [1.82, 2.24) is 0 Å². The van der Waals surface area contributed by atoms with E-state index in [4.69, 9.17) is 4.74 Å². The molecule has 4 aromatic carbocycles. The average Bonchev–Trinajstić information content (AvgIpc) is 3.10. The van der Waals surface area contributed by atoms with Gasteiger partial charge in [-0.25, -0.2) is 50.5 Å². The Labute approximate surface area is 443 Å². The van der Waals surface area contributed by atoms with E-state index < -0.39 is 143 Å². The SMILES string of the molecule is C=CS(=O)(=O)c1ccc(N=Nc2c(NCS(=O)(=O)[O-])ccc3c(O)c(N=Nc4cc(S(=O)(=O)CCOS(=O)(=O)[O-])ccc4OC)c(S(=O)(=O)[O-])cc23)c(S(=O)(=O)[O-])c1.[Na+].[Na+].[Na+].[Na+]. The maximum Gasteiger partial charge on any atom is 1.00 e. The summed E-state index contributed by atoms with van der Waals surface area (Å²) in [6.45, 7) is 2.02. The molecule has 0 atom stereocenters. The maximum atomic E-state index is 12.8. The quantitative estimate of drug-likeness (QED) is 0.0429. The standard InChI is InChI=1S/C28H27N5O19S6.4Na/c1-3-53(35,36)17-4-7-20(24(13-17)56(42,43)44)30-32-26-19-14-25(57(45,46)47)27(28(34)18(19)6-8-21(26)29-15-55(39,40)41)33-31-22-12-16(5-9-23(22)51-2)54(37,38)11-10-52-58(48,49)50;;;;/h3-9,12-14,29,34H,1,10-11,15H2,2H3,(H,39,40,41)(H,42,43,44)(H,45,46,47)(H,48,49,50);;;;/q;4*+1/p-4. The Morgan fingerprint density at radius 1 is 0.677 bits per heavy atom. The molecule has 0 saturated heterocycles. The first kappa shape index (κ1) is 61.0. The molecule has 0 bridgehead atoms. The van der Waals surface area contributed by atoms with Crippen LogP contribution in [0.2, 0.25) is 0 Å². The number of fused-ring (bicyclic) bond motifs is 1. The average molecular weight is 1020 g/mol. The summed E-state index contributed by atoms with van der Waals surface area (Å²) < 4.78 is 199. The van der Waals surface area contributed by atoms with Gasteiger partial charge in [0.2, 0.25) is 10.4 Å². The van der Waals surface area contributed by atoms with E-state index in [-0.39, 0.29) is 124 Å². The number of hydrogen-bond donors (Lipinski definition) is 2. The van der Waals surface area contributed by atoms with Gasteiger partial charge in [-0.1, -0.05) is 6.58 Å². The Morgan fingerprint density at radius 3 is 1.77 bits per heavy atom. The summed E-state index contributed by atoms with van der Waals surface area (Å²) in [5.74, 6) is -3.72. The first-order chi connectivity index (χ1) is 26.6. The van der Waals surface area contributed by atoms with Gasteiger partial charge in [0.25, 0.3) is 0 Å².